The second-order valence-electron chi connectivity index (χ2n) is 7.78. The van der Waals surface area contributed by atoms with Crippen LogP contribution in [-0.2, 0) is 10.3 Å². The third kappa shape index (κ3) is 4.68. The first-order valence-electron chi connectivity index (χ1n) is 10.7. The summed E-state index contributed by atoms with van der Waals surface area (Å²) in [6, 6.07) is 24.2. The van der Waals surface area contributed by atoms with Gasteiger partial charge in [0.1, 0.15) is 5.60 Å². The number of methoxy groups -OCH3 is 1. The zero-order chi connectivity index (χ0) is 23.4. The number of aliphatic hydroxyl groups is 1. The van der Waals surface area contributed by atoms with Crippen LogP contribution in [0.1, 0.15) is 46.1 Å². The molecule has 4 rings (SSSR count). The summed E-state index contributed by atoms with van der Waals surface area (Å²) in [6.07, 6.45) is 4.26. The van der Waals surface area contributed by atoms with Gasteiger partial charge in [-0.1, -0.05) is 73.1 Å². The van der Waals surface area contributed by atoms with Crippen LogP contribution in [0.3, 0.4) is 0 Å². The highest BCUT2D eigenvalue weighted by Gasteiger charge is 2.33. The molecule has 4 aromatic rings. The largest absolute Gasteiger partial charge is 0.465 e. The van der Waals surface area contributed by atoms with E-state index >= 15 is 0 Å². The van der Waals surface area contributed by atoms with Crippen molar-refractivity contribution in [1.29, 1.82) is 0 Å². The van der Waals surface area contributed by atoms with Crippen molar-refractivity contribution in [2.75, 3.05) is 7.11 Å². The Bertz CT molecular complexity index is 1350. The lowest BCUT2D eigenvalue weighted by atomic mass is 9.81. The average molecular weight is 458 g/mol. The number of carbonyl (C=O) groups excluding carboxylic acids is 1. The number of benzene rings is 3. The number of fused-ring (bicyclic) bond motifs is 1. The normalized spacial score (nSPS) is 13.2. The summed E-state index contributed by atoms with van der Waals surface area (Å²) >= 11 is 6.10. The highest BCUT2D eigenvalue weighted by atomic mass is 35.5. The number of aromatic nitrogens is 1. The average Bonchev–Trinajstić information content (AvgIpc) is 2.86. The quantitative estimate of drug-likeness (QED) is 0.336. The Kier molecular flexibility index (Phi) is 6.59. The monoisotopic (exact) mass is 457 g/mol. The van der Waals surface area contributed by atoms with Gasteiger partial charge in [0.15, 0.2) is 0 Å². The predicted molar refractivity (Wildman–Crippen MR) is 133 cm³/mol. The molecule has 0 radical (unpaired) electrons. The topological polar surface area (TPSA) is 59.4 Å². The maximum atomic E-state index is 12.3. The summed E-state index contributed by atoms with van der Waals surface area (Å²) in [6.45, 7) is 1.89. The van der Waals surface area contributed by atoms with E-state index in [1.807, 2.05) is 79.7 Å². The van der Waals surface area contributed by atoms with E-state index in [1.165, 1.54) is 7.11 Å². The highest BCUT2D eigenvalue weighted by Crippen LogP contribution is 2.36. The van der Waals surface area contributed by atoms with E-state index in [2.05, 4.69) is 4.98 Å². The molecule has 0 fully saturated rings. The molecule has 0 saturated heterocycles. The van der Waals surface area contributed by atoms with Crippen LogP contribution < -0.4 is 0 Å². The van der Waals surface area contributed by atoms with Gasteiger partial charge in [0.05, 0.1) is 23.9 Å². The van der Waals surface area contributed by atoms with Gasteiger partial charge in [-0.3, -0.25) is 0 Å². The molecule has 0 amide bonds. The Morgan fingerprint density at radius 3 is 2.61 bits per heavy atom. The molecule has 0 aliphatic rings. The summed E-state index contributed by atoms with van der Waals surface area (Å²) in [5, 5.41) is 13.4. The Labute approximate surface area is 198 Å². The molecule has 1 atom stereocenters. The van der Waals surface area contributed by atoms with Crippen molar-refractivity contribution < 1.29 is 14.6 Å². The fourth-order valence-corrected chi connectivity index (χ4v) is 4.13. The van der Waals surface area contributed by atoms with E-state index in [-0.39, 0.29) is 0 Å². The molecule has 4 nitrogen and oxygen atoms in total. The minimum absolute atomic E-state index is 0.351. The lowest BCUT2D eigenvalue weighted by molar-refractivity contribution is 0.0552. The molecule has 0 saturated carbocycles. The maximum absolute atomic E-state index is 12.3. The van der Waals surface area contributed by atoms with Gasteiger partial charge in [-0.2, -0.15) is 0 Å². The lowest BCUT2D eigenvalue weighted by Gasteiger charge is -2.30. The number of pyridine rings is 1. The van der Waals surface area contributed by atoms with Crippen LogP contribution in [0.5, 0.6) is 0 Å². The van der Waals surface area contributed by atoms with Crippen LogP contribution in [0.15, 0.2) is 78.9 Å². The van der Waals surface area contributed by atoms with Crippen LogP contribution in [0.25, 0.3) is 23.1 Å². The SMILES string of the molecule is CCC(O)(c1cccc(C=Cc2ccc3ccc(Cl)cc3n2)c1)c1ccccc1C(=O)OC. The molecule has 0 aliphatic carbocycles. The Morgan fingerprint density at radius 2 is 1.82 bits per heavy atom. The van der Waals surface area contributed by atoms with Crippen molar-refractivity contribution in [3.8, 4) is 0 Å². The Morgan fingerprint density at radius 1 is 1.03 bits per heavy atom. The summed E-state index contributed by atoms with van der Waals surface area (Å²) < 4.78 is 4.93. The van der Waals surface area contributed by atoms with Gasteiger partial charge >= 0.3 is 5.97 Å². The summed E-state index contributed by atoms with van der Waals surface area (Å²) in [7, 11) is 1.34. The maximum Gasteiger partial charge on any atom is 0.338 e. The molecule has 1 aromatic heterocycles. The van der Waals surface area contributed by atoms with Gasteiger partial charge in [0.25, 0.3) is 0 Å². The molecule has 3 aromatic carbocycles. The Hall–Kier alpha value is -3.47. The molecular formula is C28H24ClNO3. The summed E-state index contributed by atoms with van der Waals surface area (Å²) in [5.41, 5.74) is 2.77. The number of nitrogens with zero attached hydrogens (tertiary/aromatic N) is 1. The number of carbonyl (C=O) groups is 1. The van der Waals surface area contributed by atoms with Crippen LogP contribution in [0.2, 0.25) is 5.02 Å². The van der Waals surface area contributed by atoms with E-state index < -0.39 is 11.6 Å². The highest BCUT2D eigenvalue weighted by molar-refractivity contribution is 6.31. The summed E-state index contributed by atoms with van der Waals surface area (Å²) in [4.78, 5) is 17.0. The molecule has 5 heteroatoms. The molecule has 0 spiro atoms. The van der Waals surface area contributed by atoms with Gasteiger partial charge in [0, 0.05) is 16.0 Å². The van der Waals surface area contributed by atoms with E-state index in [4.69, 9.17) is 16.3 Å². The number of ether oxygens (including phenoxy) is 1. The third-order valence-electron chi connectivity index (χ3n) is 5.78. The van der Waals surface area contributed by atoms with Crippen LogP contribution >= 0.6 is 11.6 Å². The molecular weight excluding hydrogens is 434 g/mol. The second kappa shape index (κ2) is 9.57. The van der Waals surface area contributed by atoms with Crippen molar-refractivity contribution in [3.63, 3.8) is 0 Å². The van der Waals surface area contributed by atoms with E-state index in [9.17, 15) is 9.90 Å². The van der Waals surface area contributed by atoms with E-state index in [0.717, 1.165) is 22.2 Å². The van der Waals surface area contributed by atoms with Crippen LogP contribution in [0.4, 0.5) is 0 Å². The molecule has 0 aliphatic heterocycles. The van der Waals surface area contributed by atoms with Crippen molar-refractivity contribution >= 4 is 40.6 Å². The first-order chi connectivity index (χ1) is 15.9. The number of halogens is 1. The fraction of sp³-hybridized carbons (Fsp3) is 0.143. The van der Waals surface area contributed by atoms with Gasteiger partial charge in [0.2, 0.25) is 0 Å². The number of hydrogen-bond donors (Lipinski definition) is 1. The zero-order valence-electron chi connectivity index (χ0n) is 18.5. The second-order valence-corrected chi connectivity index (χ2v) is 8.22. The smallest absolute Gasteiger partial charge is 0.338 e. The molecule has 0 bridgehead atoms. The van der Waals surface area contributed by atoms with Crippen molar-refractivity contribution in [3.05, 3.63) is 112 Å². The van der Waals surface area contributed by atoms with E-state index in [0.29, 0.717) is 28.1 Å². The van der Waals surface area contributed by atoms with E-state index in [1.54, 1.807) is 18.2 Å². The first-order valence-corrected chi connectivity index (χ1v) is 11.1. The lowest BCUT2D eigenvalue weighted by Crippen LogP contribution is -2.29. The van der Waals surface area contributed by atoms with Crippen LogP contribution in [-0.4, -0.2) is 23.2 Å². The van der Waals surface area contributed by atoms with Crippen molar-refractivity contribution in [2.45, 2.75) is 18.9 Å². The minimum Gasteiger partial charge on any atom is -0.465 e. The third-order valence-corrected chi connectivity index (χ3v) is 6.01. The molecule has 1 heterocycles. The number of hydrogen-bond acceptors (Lipinski definition) is 4. The molecule has 1 unspecified atom stereocenters. The fourth-order valence-electron chi connectivity index (χ4n) is 3.96. The molecule has 166 valence electrons. The van der Waals surface area contributed by atoms with Crippen molar-refractivity contribution in [2.24, 2.45) is 0 Å². The van der Waals surface area contributed by atoms with Gasteiger partial charge < -0.3 is 9.84 Å². The van der Waals surface area contributed by atoms with Gasteiger partial charge in [-0.15, -0.1) is 0 Å². The first kappa shape index (κ1) is 22.7. The molecule has 1 N–H and O–H groups in total. The summed E-state index contributed by atoms with van der Waals surface area (Å²) in [5.74, 6) is -0.476. The molecule has 33 heavy (non-hydrogen) atoms. The zero-order valence-corrected chi connectivity index (χ0v) is 19.2. The number of rotatable bonds is 6. The predicted octanol–water partition coefficient (Wildman–Crippen LogP) is 6.49. The number of esters is 1. The van der Waals surface area contributed by atoms with Gasteiger partial charge in [-0.25, -0.2) is 9.78 Å². The standard InChI is InChI=1S/C28H24ClNO3/c1-3-28(32,25-10-5-4-9-24(25)27(31)33-2)21-8-6-7-19(17-21)11-15-23-16-13-20-12-14-22(29)18-26(20)30-23/h4-18,32H,3H2,1-2H3. The van der Waals surface area contributed by atoms with Gasteiger partial charge in [-0.05, 0) is 54.0 Å². The minimum atomic E-state index is -1.34. The van der Waals surface area contributed by atoms with Crippen molar-refractivity contribution in [1.82, 2.24) is 4.98 Å². The Balaban J connectivity index is 1.69. The van der Waals surface area contributed by atoms with Crippen LogP contribution in [0, 0.1) is 0 Å².